The van der Waals surface area contributed by atoms with E-state index in [0.29, 0.717) is 12.4 Å². The van der Waals surface area contributed by atoms with Crippen molar-refractivity contribution in [3.05, 3.63) is 70.2 Å². The van der Waals surface area contributed by atoms with Crippen molar-refractivity contribution in [3.63, 3.8) is 0 Å². The highest BCUT2D eigenvalue weighted by Gasteiger charge is 1.96. The quantitative estimate of drug-likeness (QED) is 0.683. The molecule has 0 saturated carbocycles. The molecule has 0 aliphatic rings. The summed E-state index contributed by atoms with van der Waals surface area (Å²) in [6.45, 7) is 0.605. The zero-order valence-electron chi connectivity index (χ0n) is 9.31. The number of amidine groups is 1. The summed E-state index contributed by atoms with van der Waals surface area (Å²) in [4.78, 5) is 4.37. The van der Waals surface area contributed by atoms with E-state index in [1.54, 1.807) is 0 Å². The summed E-state index contributed by atoms with van der Waals surface area (Å²) in [5, 5.41) is 0. The summed E-state index contributed by atoms with van der Waals surface area (Å²) in [7, 11) is 0. The Bertz CT molecular complexity index is 504. The van der Waals surface area contributed by atoms with Crippen LogP contribution in [0.2, 0.25) is 0 Å². The van der Waals surface area contributed by atoms with Crippen molar-refractivity contribution in [1.29, 1.82) is 0 Å². The van der Waals surface area contributed by atoms with Crippen LogP contribution in [0.4, 0.5) is 0 Å². The van der Waals surface area contributed by atoms with Gasteiger partial charge in [0.2, 0.25) is 0 Å². The van der Waals surface area contributed by atoms with E-state index >= 15 is 0 Å². The monoisotopic (exact) mass is 288 g/mol. The van der Waals surface area contributed by atoms with Crippen LogP contribution in [0.1, 0.15) is 11.1 Å². The number of rotatable bonds is 3. The average Bonchev–Trinajstić information content (AvgIpc) is 2.39. The molecule has 0 atom stereocenters. The minimum Gasteiger partial charge on any atom is -0.383 e. The van der Waals surface area contributed by atoms with Gasteiger partial charge in [-0.2, -0.15) is 0 Å². The molecule has 0 aliphatic heterocycles. The topological polar surface area (TPSA) is 38.4 Å². The maximum absolute atomic E-state index is 5.91. The Morgan fingerprint density at radius 2 is 1.65 bits per heavy atom. The van der Waals surface area contributed by atoms with E-state index in [0.717, 1.165) is 15.6 Å². The molecule has 2 N–H and O–H groups in total. The molecule has 0 unspecified atom stereocenters. The third-order valence-electron chi connectivity index (χ3n) is 2.41. The molecule has 0 amide bonds. The first-order chi connectivity index (χ1) is 8.25. The molecule has 0 aliphatic carbocycles. The van der Waals surface area contributed by atoms with E-state index in [-0.39, 0.29) is 0 Å². The normalized spacial score (nSPS) is 11.5. The van der Waals surface area contributed by atoms with Gasteiger partial charge >= 0.3 is 0 Å². The second kappa shape index (κ2) is 5.64. The Balaban J connectivity index is 2.08. The molecule has 0 aromatic heterocycles. The van der Waals surface area contributed by atoms with Crippen molar-refractivity contribution in [2.24, 2.45) is 10.7 Å². The van der Waals surface area contributed by atoms with Crippen molar-refractivity contribution in [1.82, 2.24) is 0 Å². The fourth-order valence-corrected chi connectivity index (χ4v) is 1.73. The number of nitrogens with zero attached hydrogens (tertiary/aromatic N) is 1. The van der Waals surface area contributed by atoms with Crippen LogP contribution in [-0.2, 0) is 6.54 Å². The molecule has 2 nitrogen and oxygen atoms in total. The first kappa shape index (κ1) is 11.9. The van der Waals surface area contributed by atoms with Gasteiger partial charge in [0.15, 0.2) is 0 Å². The van der Waals surface area contributed by atoms with E-state index < -0.39 is 0 Å². The smallest absolute Gasteiger partial charge is 0.125 e. The lowest BCUT2D eigenvalue weighted by Crippen LogP contribution is -2.13. The lowest BCUT2D eigenvalue weighted by atomic mass is 10.2. The highest BCUT2D eigenvalue weighted by atomic mass is 79.9. The third-order valence-corrected chi connectivity index (χ3v) is 2.94. The van der Waals surface area contributed by atoms with E-state index in [9.17, 15) is 0 Å². The van der Waals surface area contributed by atoms with Gasteiger partial charge in [-0.3, -0.25) is 4.99 Å². The lowest BCUT2D eigenvalue weighted by Gasteiger charge is -2.01. The van der Waals surface area contributed by atoms with Crippen LogP contribution in [0.3, 0.4) is 0 Å². The van der Waals surface area contributed by atoms with Gasteiger partial charge in [-0.05, 0) is 17.7 Å². The summed E-state index contributed by atoms with van der Waals surface area (Å²) in [6, 6.07) is 17.9. The fraction of sp³-hybridized carbons (Fsp3) is 0.0714. The minimum atomic E-state index is 0.577. The van der Waals surface area contributed by atoms with Crippen LogP contribution >= 0.6 is 15.9 Å². The van der Waals surface area contributed by atoms with Crippen molar-refractivity contribution in [2.45, 2.75) is 6.54 Å². The molecule has 2 rings (SSSR count). The molecular formula is C14H13BrN2. The Labute approximate surface area is 109 Å². The predicted molar refractivity (Wildman–Crippen MR) is 75.0 cm³/mol. The molecule has 0 bridgehead atoms. The maximum Gasteiger partial charge on any atom is 0.125 e. The number of benzene rings is 2. The Kier molecular flexibility index (Phi) is 3.94. The fourth-order valence-electron chi connectivity index (χ4n) is 1.47. The standard InChI is InChI=1S/C14H13BrN2/c15-13-8-6-11(7-9-13)10-17-14(16)12-4-2-1-3-5-12/h1-9H,10H2,(H2,16,17). The zero-order valence-corrected chi connectivity index (χ0v) is 10.9. The number of halogens is 1. The van der Waals surface area contributed by atoms with Gasteiger partial charge in [-0.1, -0.05) is 58.4 Å². The molecule has 2 aromatic rings. The van der Waals surface area contributed by atoms with Gasteiger partial charge in [0.1, 0.15) is 5.84 Å². The van der Waals surface area contributed by atoms with Crippen molar-refractivity contribution >= 4 is 21.8 Å². The highest BCUT2D eigenvalue weighted by molar-refractivity contribution is 9.10. The molecule has 3 heteroatoms. The first-order valence-corrected chi connectivity index (χ1v) is 6.15. The molecular weight excluding hydrogens is 276 g/mol. The van der Waals surface area contributed by atoms with Gasteiger partial charge < -0.3 is 5.73 Å². The van der Waals surface area contributed by atoms with Gasteiger partial charge in [0.05, 0.1) is 6.54 Å². The molecule has 86 valence electrons. The highest BCUT2D eigenvalue weighted by Crippen LogP contribution is 2.11. The zero-order chi connectivity index (χ0) is 12.1. The summed E-state index contributed by atoms with van der Waals surface area (Å²) in [5.74, 6) is 0.577. The molecule has 2 aromatic carbocycles. The molecule has 0 radical (unpaired) electrons. The largest absolute Gasteiger partial charge is 0.383 e. The Hall–Kier alpha value is -1.61. The second-order valence-corrected chi connectivity index (χ2v) is 4.61. The van der Waals surface area contributed by atoms with Gasteiger partial charge in [0, 0.05) is 10.0 Å². The molecule has 0 fully saturated rings. The van der Waals surface area contributed by atoms with E-state index in [4.69, 9.17) is 5.73 Å². The van der Waals surface area contributed by atoms with Crippen LogP contribution < -0.4 is 5.73 Å². The molecule has 0 saturated heterocycles. The van der Waals surface area contributed by atoms with Crippen molar-refractivity contribution in [2.75, 3.05) is 0 Å². The molecule has 0 heterocycles. The number of hydrogen-bond donors (Lipinski definition) is 1. The third kappa shape index (κ3) is 3.43. The molecule has 0 spiro atoms. The van der Waals surface area contributed by atoms with E-state index in [2.05, 4.69) is 20.9 Å². The lowest BCUT2D eigenvalue weighted by molar-refractivity contribution is 1.06. The Morgan fingerprint density at radius 3 is 2.29 bits per heavy atom. The number of nitrogens with two attached hydrogens (primary N) is 1. The summed E-state index contributed by atoms with van der Waals surface area (Å²) >= 11 is 3.40. The van der Waals surface area contributed by atoms with Crippen LogP contribution in [0.15, 0.2) is 64.1 Å². The minimum absolute atomic E-state index is 0.577. The first-order valence-electron chi connectivity index (χ1n) is 5.35. The van der Waals surface area contributed by atoms with Gasteiger partial charge in [-0.25, -0.2) is 0 Å². The SMILES string of the molecule is NC(=NCc1ccc(Br)cc1)c1ccccc1. The maximum atomic E-state index is 5.91. The Morgan fingerprint density at radius 1 is 1.00 bits per heavy atom. The summed E-state index contributed by atoms with van der Waals surface area (Å²) in [5.41, 5.74) is 8.02. The van der Waals surface area contributed by atoms with Crippen LogP contribution in [0.5, 0.6) is 0 Å². The van der Waals surface area contributed by atoms with Gasteiger partial charge in [0.25, 0.3) is 0 Å². The van der Waals surface area contributed by atoms with Crippen molar-refractivity contribution in [3.8, 4) is 0 Å². The predicted octanol–water partition coefficient (Wildman–Crippen LogP) is 3.35. The van der Waals surface area contributed by atoms with Gasteiger partial charge in [-0.15, -0.1) is 0 Å². The van der Waals surface area contributed by atoms with Crippen LogP contribution in [0.25, 0.3) is 0 Å². The van der Waals surface area contributed by atoms with Crippen LogP contribution in [-0.4, -0.2) is 5.84 Å². The number of aliphatic imine (C=N–C) groups is 1. The second-order valence-electron chi connectivity index (χ2n) is 3.69. The van der Waals surface area contributed by atoms with Crippen LogP contribution in [0, 0.1) is 0 Å². The summed E-state index contributed by atoms with van der Waals surface area (Å²) < 4.78 is 1.07. The average molecular weight is 289 g/mol. The van der Waals surface area contributed by atoms with E-state index in [1.807, 2.05) is 54.6 Å². The van der Waals surface area contributed by atoms with E-state index in [1.165, 1.54) is 0 Å². The van der Waals surface area contributed by atoms with Crippen molar-refractivity contribution < 1.29 is 0 Å². The molecule has 17 heavy (non-hydrogen) atoms. The number of hydrogen-bond acceptors (Lipinski definition) is 1. The summed E-state index contributed by atoms with van der Waals surface area (Å²) in [6.07, 6.45) is 0.